The number of aromatic nitrogens is 3. The Morgan fingerprint density at radius 1 is 1.32 bits per heavy atom. The van der Waals surface area contributed by atoms with Crippen molar-refractivity contribution in [1.29, 1.82) is 0 Å². The van der Waals surface area contributed by atoms with Gasteiger partial charge in [-0.05, 0) is 25.0 Å². The van der Waals surface area contributed by atoms with Gasteiger partial charge in [-0.1, -0.05) is 23.7 Å². The number of fused-ring (bicyclic) bond motifs is 3. The minimum absolute atomic E-state index is 0.257. The van der Waals surface area contributed by atoms with E-state index in [1.165, 1.54) is 11.3 Å². The molecule has 1 N–H and O–H groups in total. The van der Waals surface area contributed by atoms with E-state index < -0.39 is 0 Å². The second-order valence-corrected chi connectivity index (χ2v) is 7.61. The Morgan fingerprint density at radius 3 is 2.96 bits per heavy atom. The van der Waals surface area contributed by atoms with Crippen LogP contribution in [-0.4, -0.2) is 32.1 Å². The molecule has 2 aromatic heterocycles. The number of benzene rings is 1. The molecular formula is C19H19ClN4O. The van der Waals surface area contributed by atoms with E-state index in [0.717, 1.165) is 41.7 Å². The lowest BCUT2D eigenvalue weighted by atomic mass is 10.00. The topological polar surface area (TPSA) is 53.9 Å². The zero-order valence-corrected chi connectivity index (χ0v) is 14.6. The predicted molar refractivity (Wildman–Crippen MR) is 96.3 cm³/mol. The molecule has 0 radical (unpaired) electrons. The van der Waals surface area contributed by atoms with Crippen LogP contribution < -0.4 is 0 Å². The fourth-order valence-electron chi connectivity index (χ4n) is 4.01. The predicted octanol–water partition coefficient (Wildman–Crippen LogP) is 3.38. The number of rotatable bonds is 3. The maximum atomic E-state index is 13.2. The molecule has 0 bridgehead atoms. The maximum Gasteiger partial charge on any atom is 0.230 e. The molecule has 3 heterocycles. The molecule has 5 rings (SSSR count). The van der Waals surface area contributed by atoms with Gasteiger partial charge in [-0.15, -0.1) is 0 Å². The van der Waals surface area contributed by atoms with Gasteiger partial charge in [-0.25, -0.2) is 0 Å². The molecule has 25 heavy (non-hydrogen) atoms. The fraction of sp³-hybridized carbons (Fsp3) is 0.368. The highest BCUT2D eigenvalue weighted by Gasteiger charge is 2.52. The number of hydrogen-bond donors (Lipinski definition) is 1. The van der Waals surface area contributed by atoms with Crippen molar-refractivity contribution in [3.8, 4) is 0 Å². The van der Waals surface area contributed by atoms with Crippen LogP contribution in [-0.2, 0) is 24.3 Å². The van der Waals surface area contributed by atoms with Gasteiger partial charge in [0.2, 0.25) is 5.91 Å². The number of hydrogen-bond acceptors (Lipinski definition) is 2. The van der Waals surface area contributed by atoms with E-state index in [1.54, 1.807) is 6.20 Å². The summed E-state index contributed by atoms with van der Waals surface area (Å²) in [6, 6.07) is 7.86. The van der Waals surface area contributed by atoms with Crippen molar-refractivity contribution in [3.05, 3.63) is 52.9 Å². The lowest BCUT2D eigenvalue weighted by molar-refractivity contribution is -0.138. The van der Waals surface area contributed by atoms with E-state index in [2.05, 4.69) is 16.1 Å². The quantitative estimate of drug-likeness (QED) is 0.784. The van der Waals surface area contributed by atoms with Crippen LogP contribution in [0.25, 0.3) is 10.9 Å². The van der Waals surface area contributed by atoms with Crippen LogP contribution in [0.2, 0.25) is 5.02 Å². The molecular weight excluding hydrogens is 336 g/mol. The zero-order valence-electron chi connectivity index (χ0n) is 13.8. The monoisotopic (exact) mass is 354 g/mol. The summed E-state index contributed by atoms with van der Waals surface area (Å²) in [4.78, 5) is 18.7. The zero-order chi connectivity index (χ0) is 17.0. The van der Waals surface area contributed by atoms with Gasteiger partial charge in [0.25, 0.3) is 0 Å². The second-order valence-electron chi connectivity index (χ2n) is 7.21. The van der Waals surface area contributed by atoms with E-state index in [1.807, 2.05) is 34.0 Å². The van der Waals surface area contributed by atoms with Crippen LogP contribution in [0.15, 0.2) is 36.7 Å². The van der Waals surface area contributed by atoms with Crippen molar-refractivity contribution in [2.75, 3.05) is 6.54 Å². The summed E-state index contributed by atoms with van der Waals surface area (Å²) in [7, 11) is 0. The first kappa shape index (κ1) is 15.0. The molecule has 128 valence electrons. The molecule has 1 amide bonds. The molecule has 0 saturated heterocycles. The van der Waals surface area contributed by atoms with Gasteiger partial charge in [0, 0.05) is 48.5 Å². The second kappa shape index (κ2) is 5.36. The van der Waals surface area contributed by atoms with Crippen LogP contribution >= 0.6 is 11.6 Å². The molecule has 1 aliphatic carbocycles. The summed E-state index contributed by atoms with van der Waals surface area (Å²) in [5.74, 6) is 0.269. The summed E-state index contributed by atoms with van der Waals surface area (Å²) >= 11 is 6.32. The Bertz CT molecular complexity index is 955. The maximum absolute atomic E-state index is 13.2. The van der Waals surface area contributed by atoms with Gasteiger partial charge in [0.05, 0.1) is 22.5 Å². The third kappa shape index (κ3) is 2.37. The first-order valence-electron chi connectivity index (χ1n) is 8.71. The van der Waals surface area contributed by atoms with Gasteiger partial charge < -0.3 is 9.88 Å². The van der Waals surface area contributed by atoms with Crippen LogP contribution in [0.5, 0.6) is 0 Å². The Labute approximate surface area is 150 Å². The number of H-pyrrole nitrogens is 1. The number of carbonyl (C=O) groups is 1. The number of nitrogens with zero attached hydrogens (tertiary/aromatic N) is 3. The van der Waals surface area contributed by atoms with E-state index in [-0.39, 0.29) is 11.3 Å². The summed E-state index contributed by atoms with van der Waals surface area (Å²) in [6.45, 7) is 2.11. The molecule has 3 aromatic rings. The molecule has 1 saturated carbocycles. The van der Waals surface area contributed by atoms with E-state index >= 15 is 0 Å². The van der Waals surface area contributed by atoms with Crippen molar-refractivity contribution >= 4 is 28.4 Å². The molecule has 5 nitrogen and oxygen atoms in total. The summed E-state index contributed by atoms with van der Waals surface area (Å²) in [6.07, 6.45) is 6.46. The van der Waals surface area contributed by atoms with Gasteiger partial charge in [-0.2, -0.15) is 5.10 Å². The first-order valence-corrected chi connectivity index (χ1v) is 9.09. The molecule has 0 unspecified atom stereocenters. The molecule has 1 aromatic carbocycles. The van der Waals surface area contributed by atoms with Gasteiger partial charge >= 0.3 is 0 Å². The van der Waals surface area contributed by atoms with Crippen molar-refractivity contribution in [1.82, 2.24) is 19.7 Å². The van der Waals surface area contributed by atoms with Crippen molar-refractivity contribution in [3.63, 3.8) is 0 Å². The number of nitrogens with one attached hydrogen (secondary N) is 1. The van der Waals surface area contributed by atoms with Crippen LogP contribution in [0, 0.1) is 5.41 Å². The van der Waals surface area contributed by atoms with Gasteiger partial charge in [0.15, 0.2) is 0 Å². The smallest absolute Gasteiger partial charge is 0.230 e. The minimum atomic E-state index is -0.257. The molecule has 0 atom stereocenters. The third-order valence-electron chi connectivity index (χ3n) is 5.58. The lowest BCUT2D eigenvalue weighted by Crippen LogP contribution is -2.42. The Balaban J connectivity index is 1.43. The number of carbonyl (C=O) groups excluding carboxylic acids is 1. The minimum Gasteiger partial charge on any atom is -0.357 e. The van der Waals surface area contributed by atoms with Crippen LogP contribution in [0.1, 0.15) is 24.1 Å². The van der Waals surface area contributed by atoms with Gasteiger partial charge in [0.1, 0.15) is 0 Å². The number of para-hydroxylation sites is 1. The fourth-order valence-corrected chi connectivity index (χ4v) is 4.23. The summed E-state index contributed by atoms with van der Waals surface area (Å²) in [5, 5.41) is 6.15. The Morgan fingerprint density at radius 2 is 2.20 bits per heavy atom. The van der Waals surface area contributed by atoms with Crippen LogP contribution in [0.4, 0.5) is 0 Å². The van der Waals surface area contributed by atoms with E-state index in [4.69, 9.17) is 11.6 Å². The van der Waals surface area contributed by atoms with Gasteiger partial charge in [-0.3, -0.25) is 9.48 Å². The Kier molecular flexibility index (Phi) is 3.22. The molecule has 0 spiro atoms. The van der Waals surface area contributed by atoms with Crippen molar-refractivity contribution in [2.24, 2.45) is 5.41 Å². The SMILES string of the molecule is O=C(N1CCc2[nH]c3c(Cl)cccc3c2C1)C1(Cn2cccn2)CC1. The average molecular weight is 355 g/mol. The summed E-state index contributed by atoms with van der Waals surface area (Å²) < 4.78 is 1.88. The van der Waals surface area contributed by atoms with Crippen molar-refractivity contribution in [2.45, 2.75) is 32.4 Å². The molecule has 1 aliphatic heterocycles. The number of aromatic amines is 1. The highest BCUT2D eigenvalue weighted by atomic mass is 35.5. The standard InChI is InChI=1S/C19H19ClN4O/c20-15-4-1-3-13-14-11-23(10-5-16(14)22-17(13)15)18(25)19(6-7-19)12-24-9-2-8-21-24/h1-4,8-9,22H,5-7,10-12H2. The normalized spacial score (nSPS) is 18.4. The number of amides is 1. The Hall–Kier alpha value is -2.27. The van der Waals surface area contributed by atoms with E-state index in [9.17, 15) is 4.79 Å². The van der Waals surface area contributed by atoms with Crippen LogP contribution in [0.3, 0.4) is 0 Å². The third-order valence-corrected chi connectivity index (χ3v) is 5.89. The molecule has 2 aliphatic rings. The first-order chi connectivity index (χ1) is 12.2. The molecule has 1 fully saturated rings. The highest BCUT2D eigenvalue weighted by Crippen LogP contribution is 2.49. The molecule has 6 heteroatoms. The average Bonchev–Trinajstić information content (AvgIpc) is 3.04. The van der Waals surface area contributed by atoms with E-state index in [0.29, 0.717) is 13.1 Å². The largest absolute Gasteiger partial charge is 0.357 e. The highest BCUT2D eigenvalue weighted by molar-refractivity contribution is 6.35. The summed E-state index contributed by atoms with van der Waals surface area (Å²) in [5.41, 5.74) is 3.16. The number of halogens is 1. The van der Waals surface area contributed by atoms with Crippen molar-refractivity contribution < 1.29 is 4.79 Å². The lowest BCUT2D eigenvalue weighted by Gasteiger charge is -2.31.